The first-order chi connectivity index (χ1) is 15.1. The number of nitrogens with zero attached hydrogens (tertiary/aromatic N) is 1. The van der Waals surface area contributed by atoms with Gasteiger partial charge in [-0.1, -0.05) is 13.0 Å². The van der Waals surface area contributed by atoms with Crippen LogP contribution in [0.2, 0.25) is 0 Å². The second-order valence-electron chi connectivity index (χ2n) is 8.57. The number of hydrogen-bond donors (Lipinski definition) is 0. The molecule has 5 nitrogen and oxygen atoms in total. The highest BCUT2D eigenvalue weighted by molar-refractivity contribution is 6.12. The molecule has 3 aromatic carbocycles. The van der Waals surface area contributed by atoms with Gasteiger partial charge in [-0.25, -0.2) is 0 Å². The first-order valence-corrected chi connectivity index (χ1v) is 11.1. The van der Waals surface area contributed by atoms with Gasteiger partial charge in [0.2, 0.25) is 0 Å². The van der Waals surface area contributed by atoms with Crippen molar-refractivity contribution < 1.29 is 19.0 Å². The van der Waals surface area contributed by atoms with Gasteiger partial charge in [-0.3, -0.25) is 9.69 Å². The molecule has 2 heterocycles. The van der Waals surface area contributed by atoms with E-state index in [4.69, 9.17) is 14.2 Å². The van der Waals surface area contributed by atoms with Gasteiger partial charge >= 0.3 is 0 Å². The lowest BCUT2D eigenvalue weighted by atomic mass is 9.85. The van der Waals surface area contributed by atoms with Gasteiger partial charge in [-0.15, -0.1) is 0 Å². The quantitative estimate of drug-likeness (QED) is 0.533. The van der Waals surface area contributed by atoms with Crippen LogP contribution in [0.15, 0.2) is 30.3 Å². The molecule has 1 atom stereocenters. The van der Waals surface area contributed by atoms with Gasteiger partial charge in [-0.2, -0.15) is 0 Å². The van der Waals surface area contributed by atoms with E-state index in [1.807, 2.05) is 13.0 Å². The van der Waals surface area contributed by atoms with Crippen LogP contribution in [0.25, 0.3) is 21.5 Å². The molecular weight excluding hydrogens is 390 g/mol. The number of Topliss-reactive ketones (excluding diaryl/α,β-unsaturated/α-hetero) is 1. The maximum absolute atomic E-state index is 11.8. The number of methoxy groups -OCH3 is 2. The number of hydrogen-bond acceptors (Lipinski definition) is 5. The van der Waals surface area contributed by atoms with Gasteiger partial charge in [0.15, 0.2) is 17.3 Å². The highest BCUT2D eigenvalue weighted by Crippen LogP contribution is 2.44. The van der Waals surface area contributed by atoms with Crippen molar-refractivity contribution in [1.29, 1.82) is 0 Å². The third-order valence-corrected chi connectivity index (χ3v) is 6.91. The molecule has 0 bridgehead atoms. The fraction of sp³-hybridized carbons (Fsp3) is 0.423. The number of ketones is 1. The summed E-state index contributed by atoms with van der Waals surface area (Å²) < 4.78 is 17.1. The summed E-state index contributed by atoms with van der Waals surface area (Å²) in [6, 6.07) is 11.1. The average molecular weight is 420 g/mol. The fourth-order valence-electron chi connectivity index (χ4n) is 5.23. The molecular formula is C26H29NO4. The maximum atomic E-state index is 11.8. The van der Waals surface area contributed by atoms with Gasteiger partial charge in [0, 0.05) is 19.0 Å². The lowest BCUT2D eigenvalue weighted by Gasteiger charge is -2.33. The lowest BCUT2D eigenvalue weighted by Crippen LogP contribution is -2.35. The van der Waals surface area contributed by atoms with E-state index in [9.17, 15) is 4.79 Å². The summed E-state index contributed by atoms with van der Waals surface area (Å²) >= 11 is 0. The van der Waals surface area contributed by atoms with Crippen LogP contribution < -0.4 is 14.2 Å². The van der Waals surface area contributed by atoms with Crippen molar-refractivity contribution in [3.8, 4) is 17.2 Å². The molecule has 0 unspecified atom stereocenters. The number of ether oxygens (including phenoxy) is 3. The Bertz CT molecular complexity index is 1170. The number of carbonyl (C=O) groups is 1. The summed E-state index contributed by atoms with van der Waals surface area (Å²) in [6.45, 7) is 4.12. The molecule has 0 aliphatic carbocycles. The van der Waals surface area contributed by atoms with Gasteiger partial charge in [0.05, 0.1) is 14.2 Å². The summed E-state index contributed by atoms with van der Waals surface area (Å²) in [5.74, 6) is 2.30. The van der Waals surface area contributed by atoms with Crippen LogP contribution in [0, 0.1) is 0 Å². The van der Waals surface area contributed by atoms with Crippen LogP contribution in [0.4, 0.5) is 0 Å². The first-order valence-electron chi connectivity index (χ1n) is 11.1. The molecule has 31 heavy (non-hydrogen) atoms. The highest BCUT2D eigenvalue weighted by atomic mass is 16.5. The molecule has 0 aromatic heterocycles. The van der Waals surface area contributed by atoms with E-state index in [0.29, 0.717) is 12.5 Å². The minimum absolute atomic E-state index is 0.0990. The van der Waals surface area contributed by atoms with E-state index in [0.717, 1.165) is 41.0 Å². The van der Waals surface area contributed by atoms with Gasteiger partial charge < -0.3 is 14.2 Å². The normalized spacial score (nSPS) is 18.1. The van der Waals surface area contributed by atoms with Crippen LogP contribution in [0.1, 0.15) is 37.3 Å². The van der Waals surface area contributed by atoms with Crippen molar-refractivity contribution in [2.75, 3.05) is 27.4 Å². The monoisotopic (exact) mass is 419 g/mol. The molecule has 1 fully saturated rings. The Morgan fingerprint density at radius 1 is 1.00 bits per heavy atom. The van der Waals surface area contributed by atoms with Gasteiger partial charge in [0.1, 0.15) is 12.4 Å². The predicted octanol–water partition coefficient (Wildman–Crippen LogP) is 4.89. The van der Waals surface area contributed by atoms with Crippen LogP contribution in [0.3, 0.4) is 0 Å². The highest BCUT2D eigenvalue weighted by Gasteiger charge is 2.32. The summed E-state index contributed by atoms with van der Waals surface area (Å²) in [7, 11) is 3.36. The minimum Gasteiger partial charge on any atom is -0.493 e. The molecule has 2 aliphatic rings. The van der Waals surface area contributed by atoms with Crippen molar-refractivity contribution >= 4 is 27.3 Å². The number of rotatable bonds is 6. The Balaban J connectivity index is 1.74. The summed E-state index contributed by atoms with van der Waals surface area (Å²) in [5.41, 5.74) is 2.84. The SMILES string of the molecule is CCC(=O)COc1ccc2c3c(c4cc(OC)c(OC)cc4c2c1)C[C@@H]1CCCN1C3. The van der Waals surface area contributed by atoms with Crippen LogP contribution in [-0.2, 0) is 17.8 Å². The van der Waals surface area contributed by atoms with Crippen molar-refractivity contribution in [2.24, 2.45) is 0 Å². The number of fused-ring (bicyclic) bond motifs is 7. The predicted molar refractivity (Wildman–Crippen MR) is 122 cm³/mol. The second kappa shape index (κ2) is 8.04. The van der Waals surface area contributed by atoms with Crippen molar-refractivity contribution in [3.05, 3.63) is 41.5 Å². The van der Waals surface area contributed by atoms with Gasteiger partial charge in [0.25, 0.3) is 0 Å². The Labute approximate surface area is 182 Å². The lowest BCUT2D eigenvalue weighted by molar-refractivity contribution is -0.120. The molecule has 0 saturated carbocycles. The van der Waals surface area contributed by atoms with Crippen LogP contribution in [0.5, 0.6) is 17.2 Å². The van der Waals surface area contributed by atoms with E-state index in [-0.39, 0.29) is 12.4 Å². The largest absolute Gasteiger partial charge is 0.493 e. The van der Waals surface area contributed by atoms with Crippen LogP contribution in [-0.4, -0.2) is 44.1 Å². The van der Waals surface area contributed by atoms with Crippen LogP contribution >= 0.6 is 0 Å². The minimum atomic E-state index is 0.0990. The van der Waals surface area contributed by atoms with Crippen molar-refractivity contribution in [1.82, 2.24) is 4.90 Å². The molecule has 0 radical (unpaired) electrons. The molecule has 2 aliphatic heterocycles. The molecule has 5 heteroatoms. The molecule has 0 spiro atoms. The summed E-state index contributed by atoms with van der Waals surface area (Å²) in [5, 5.41) is 4.77. The second-order valence-corrected chi connectivity index (χ2v) is 8.57. The number of benzene rings is 3. The molecule has 1 saturated heterocycles. The van der Waals surface area contributed by atoms with Crippen molar-refractivity contribution in [3.63, 3.8) is 0 Å². The Morgan fingerprint density at radius 2 is 1.74 bits per heavy atom. The molecule has 0 amide bonds. The average Bonchev–Trinajstić information content (AvgIpc) is 3.28. The van der Waals surface area contributed by atoms with E-state index in [1.165, 1.54) is 41.3 Å². The summed E-state index contributed by atoms with van der Waals surface area (Å²) in [4.78, 5) is 14.4. The van der Waals surface area contributed by atoms with E-state index in [1.54, 1.807) is 14.2 Å². The number of carbonyl (C=O) groups excluding carboxylic acids is 1. The third-order valence-electron chi connectivity index (χ3n) is 6.91. The standard InChI is InChI=1S/C26H29NO4/c1-4-17(28)15-31-18-7-8-19-21(11-18)23-13-26(30-3)25(29-2)12-22(23)20-10-16-6-5-9-27(16)14-24(19)20/h7-8,11-13,16H,4-6,9-10,14-15H2,1-3H3/t16-/m0/s1. The van der Waals surface area contributed by atoms with E-state index in [2.05, 4.69) is 29.2 Å². The zero-order valence-electron chi connectivity index (χ0n) is 18.5. The van der Waals surface area contributed by atoms with E-state index < -0.39 is 0 Å². The molecule has 5 rings (SSSR count). The zero-order chi connectivity index (χ0) is 21.5. The molecule has 3 aromatic rings. The zero-order valence-corrected chi connectivity index (χ0v) is 18.5. The molecule has 0 N–H and O–H groups in total. The Kier molecular flexibility index (Phi) is 5.22. The third kappa shape index (κ3) is 3.41. The Hall–Kier alpha value is -2.79. The Morgan fingerprint density at radius 3 is 2.48 bits per heavy atom. The molecule has 162 valence electrons. The topological polar surface area (TPSA) is 48.0 Å². The fourth-order valence-corrected chi connectivity index (χ4v) is 5.23. The van der Waals surface area contributed by atoms with Crippen molar-refractivity contribution in [2.45, 2.75) is 45.2 Å². The van der Waals surface area contributed by atoms with E-state index >= 15 is 0 Å². The summed E-state index contributed by atoms with van der Waals surface area (Å²) in [6.07, 6.45) is 4.10. The first kappa shape index (κ1) is 20.1. The van der Waals surface area contributed by atoms with Gasteiger partial charge in [-0.05, 0) is 82.7 Å². The maximum Gasteiger partial charge on any atom is 0.169 e. The smallest absolute Gasteiger partial charge is 0.169 e.